The summed E-state index contributed by atoms with van der Waals surface area (Å²) in [5, 5.41) is 7.96. The summed E-state index contributed by atoms with van der Waals surface area (Å²) < 4.78 is 12.6. The number of rotatable bonds is 3. The van der Waals surface area contributed by atoms with E-state index in [4.69, 9.17) is 9.47 Å². The SMILES string of the molecule is COc1ccc(OC)c(-c2nn(C)c3c2CCN3)c1. The average Bonchev–Trinajstić information content (AvgIpc) is 3.02. The molecule has 3 rings (SSSR count). The molecule has 19 heavy (non-hydrogen) atoms. The lowest BCUT2D eigenvalue weighted by Gasteiger charge is -2.09. The van der Waals surface area contributed by atoms with Crippen LogP contribution in [-0.2, 0) is 13.5 Å². The van der Waals surface area contributed by atoms with Crippen LogP contribution in [0.3, 0.4) is 0 Å². The Morgan fingerprint density at radius 3 is 2.84 bits per heavy atom. The van der Waals surface area contributed by atoms with E-state index in [0.717, 1.165) is 41.5 Å². The van der Waals surface area contributed by atoms with Crippen LogP contribution < -0.4 is 14.8 Å². The number of fused-ring (bicyclic) bond motifs is 1. The highest BCUT2D eigenvalue weighted by molar-refractivity contribution is 5.76. The summed E-state index contributed by atoms with van der Waals surface area (Å²) in [7, 11) is 5.29. The molecule has 0 radical (unpaired) electrons. The van der Waals surface area contributed by atoms with Crippen LogP contribution in [0, 0.1) is 0 Å². The summed E-state index contributed by atoms with van der Waals surface area (Å²) in [5.74, 6) is 2.72. The van der Waals surface area contributed by atoms with Gasteiger partial charge in [0.25, 0.3) is 0 Å². The van der Waals surface area contributed by atoms with Crippen molar-refractivity contribution in [3.63, 3.8) is 0 Å². The number of aryl methyl sites for hydroxylation is 1. The molecule has 5 heteroatoms. The van der Waals surface area contributed by atoms with E-state index >= 15 is 0 Å². The molecule has 0 aliphatic carbocycles. The first kappa shape index (κ1) is 11.9. The minimum atomic E-state index is 0.807. The van der Waals surface area contributed by atoms with Gasteiger partial charge >= 0.3 is 0 Å². The predicted octanol–water partition coefficient (Wildman–Crippen LogP) is 2.07. The van der Waals surface area contributed by atoms with Crippen molar-refractivity contribution in [1.29, 1.82) is 0 Å². The molecular weight excluding hydrogens is 242 g/mol. The molecule has 1 N–H and O–H groups in total. The van der Waals surface area contributed by atoms with Crippen LogP contribution >= 0.6 is 0 Å². The van der Waals surface area contributed by atoms with Gasteiger partial charge in [-0.05, 0) is 24.6 Å². The van der Waals surface area contributed by atoms with Crippen LogP contribution in [0.15, 0.2) is 18.2 Å². The molecule has 0 spiro atoms. The van der Waals surface area contributed by atoms with E-state index in [2.05, 4.69) is 10.4 Å². The Kier molecular flexibility index (Phi) is 2.81. The van der Waals surface area contributed by atoms with Gasteiger partial charge < -0.3 is 14.8 Å². The van der Waals surface area contributed by atoms with Crippen molar-refractivity contribution in [2.24, 2.45) is 7.05 Å². The number of anilines is 1. The van der Waals surface area contributed by atoms with Gasteiger partial charge in [-0.2, -0.15) is 5.10 Å². The Hall–Kier alpha value is -2.17. The van der Waals surface area contributed by atoms with Gasteiger partial charge in [0.05, 0.1) is 14.2 Å². The molecule has 5 nitrogen and oxygen atoms in total. The summed E-state index contributed by atoms with van der Waals surface area (Å²) in [6, 6.07) is 5.78. The zero-order valence-electron chi connectivity index (χ0n) is 11.4. The maximum atomic E-state index is 5.44. The van der Waals surface area contributed by atoms with Gasteiger partial charge in [-0.25, -0.2) is 0 Å². The molecule has 0 amide bonds. The number of methoxy groups -OCH3 is 2. The quantitative estimate of drug-likeness (QED) is 0.916. The molecular formula is C14H17N3O2. The number of aromatic nitrogens is 2. The summed E-state index contributed by atoms with van der Waals surface area (Å²) >= 11 is 0. The monoisotopic (exact) mass is 259 g/mol. The van der Waals surface area contributed by atoms with E-state index in [-0.39, 0.29) is 0 Å². The highest BCUT2D eigenvalue weighted by Gasteiger charge is 2.23. The molecule has 2 heterocycles. The van der Waals surface area contributed by atoms with E-state index in [0.29, 0.717) is 0 Å². The number of hydrogen-bond donors (Lipinski definition) is 1. The highest BCUT2D eigenvalue weighted by atomic mass is 16.5. The normalized spacial score (nSPS) is 13.0. The minimum absolute atomic E-state index is 0.807. The summed E-state index contributed by atoms with van der Waals surface area (Å²) in [5.41, 5.74) is 3.19. The highest BCUT2D eigenvalue weighted by Crippen LogP contribution is 2.38. The van der Waals surface area contributed by atoms with E-state index in [1.165, 1.54) is 5.56 Å². The maximum absolute atomic E-state index is 5.44. The molecule has 1 aliphatic rings. The second-order valence-corrected chi connectivity index (χ2v) is 4.54. The number of ether oxygens (including phenoxy) is 2. The van der Waals surface area contributed by atoms with Crippen molar-refractivity contribution in [1.82, 2.24) is 9.78 Å². The smallest absolute Gasteiger partial charge is 0.128 e. The standard InChI is InChI=1S/C14H17N3O2/c1-17-14-10(6-7-15-14)13(16-17)11-8-9(18-2)4-5-12(11)19-3/h4-5,8,15H,6-7H2,1-3H3. The lowest BCUT2D eigenvalue weighted by molar-refractivity contribution is 0.404. The van der Waals surface area contributed by atoms with E-state index < -0.39 is 0 Å². The van der Waals surface area contributed by atoms with Gasteiger partial charge in [-0.1, -0.05) is 0 Å². The van der Waals surface area contributed by atoms with E-state index in [1.807, 2.05) is 29.9 Å². The molecule has 0 saturated heterocycles. The molecule has 0 saturated carbocycles. The number of nitrogens with zero attached hydrogens (tertiary/aromatic N) is 2. The maximum Gasteiger partial charge on any atom is 0.128 e. The minimum Gasteiger partial charge on any atom is -0.497 e. The third-order valence-electron chi connectivity index (χ3n) is 3.47. The van der Waals surface area contributed by atoms with E-state index in [9.17, 15) is 0 Å². The second kappa shape index (κ2) is 4.50. The molecule has 100 valence electrons. The largest absolute Gasteiger partial charge is 0.497 e. The Bertz CT molecular complexity index is 619. The molecule has 2 aromatic rings. The van der Waals surface area contributed by atoms with Crippen molar-refractivity contribution in [3.05, 3.63) is 23.8 Å². The van der Waals surface area contributed by atoms with Crippen LogP contribution in [0.5, 0.6) is 11.5 Å². The van der Waals surface area contributed by atoms with Gasteiger partial charge in [0.2, 0.25) is 0 Å². The molecule has 1 aromatic carbocycles. The average molecular weight is 259 g/mol. The molecule has 0 unspecified atom stereocenters. The van der Waals surface area contributed by atoms with Crippen molar-refractivity contribution < 1.29 is 9.47 Å². The van der Waals surface area contributed by atoms with Crippen LogP contribution in [0.2, 0.25) is 0 Å². The topological polar surface area (TPSA) is 48.3 Å². The van der Waals surface area contributed by atoms with Gasteiger partial charge in [-0.15, -0.1) is 0 Å². The number of nitrogens with one attached hydrogen (secondary N) is 1. The van der Waals surface area contributed by atoms with Crippen LogP contribution in [0.25, 0.3) is 11.3 Å². The van der Waals surface area contributed by atoms with Crippen molar-refractivity contribution in [2.45, 2.75) is 6.42 Å². The fourth-order valence-electron chi connectivity index (χ4n) is 2.55. The van der Waals surface area contributed by atoms with Crippen LogP contribution in [0.1, 0.15) is 5.56 Å². The van der Waals surface area contributed by atoms with Crippen molar-refractivity contribution in [3.8, 4) is 22.8 Å². The first-order valence-electron chi connectivity index (χ1n) is 6.26. The lowest BCUT2D eigenvalue weighted by atomic mass is 10.1. The first-order chi connectivity index (χ1) is 9.24. The summed E-state index contributed by atoms with van der Waals surface area (Å²) in [4.78, 5) is 0. The fourth-order valence-corrected chi connectivity index (χ4v) is 2.55. The van der Waals surface area contributed by atoms with E-state index in [1.54, 1.807) is 14.2 Å². The number of hydrogen-bond acceptors (Lipinski definition) is 4. The van der Waals surface area contributed by atoms with Crippen LogP contribution in [-0.4, -0.2) is 30.5 Å². The Morgan fingerprint density at radius 2 is 2.11 bits per heavy atom. The predicted molar refractivity (Wildman–Crippen MR) is 73.9 cm³/mol. The summed E-state index contributed by atoms with van der Waals surface area (Å²) in [6.45, 7) is 0.959. The third kappa shape index (κ3) is 1.82. The van der Waals surface area contributed by atoms with Crippen molar-refractivity contribution in [2.75, 3.05) is 26.1 Å². The third-order valence-corrected chi connectivity index (χ3v) is 3.47. The second-order valence-electron chi connectivity index (χ2n) is 4.54. The molecule has 0 atom stereocenters. The molecule has 1 aromatic heterocycles. The zero-order valence-corrected chi connectivity index (χ0v) is 11.4. The van der Waals surface area contributed by atoms with Gasteiger partial charge in [-0.3, -0.25) is 4.68 Å². The van der Waals surface area contributed by atoms with Gasteiger partial charge in [0.1, 0.15) is 23.0 Å². The molecule has 0 bridgehead atoms. The number of benzene rings is 1. The Labute approximate surface area is 112 Å². The Morgan fingerprint density at radius 1 is 1.26 bits per heavy atom. The molecule has 1 aliphatic heterocycles. The van der Waals surface area contributed by atoms with Crippen LogP contribution in [0.4, 0.5) is 5.82 Å². The molecule has 0 fully saturated rings. The summed E-state index contributed by atoms with van der Waals surface area (Å²) in [6.07, 6.45) is 0.985. The zero-order chi connectivity index (χ0) is 13.4. The van der Waals surface area contributed by atoms with Gasteiger partial charge in [0, 0.05) is 24.7 Å². The lowest BCUT2D eigenvalue weighted by Crippen LogP contribution is -2.01. The van der Waals surface area contributed by atoms with Gasteiger partial charge in [0.15, 0.2) is 0 Å². The van der Waals surface area contributed by atoms with Crippen molar-refractivity contribution >= 4 is 5.82 Å². The Balaban J connectivity index is 2.18. The first-order valence-corrected chi connectivity index (χ1v) is 6.26. The fraction of sp³-hybridized carbons (Fsp3) is 0.357.